The molecular formula is C17H20ClN5O3S. The van der Waals surface area contributed by atoms with E-state index in [0.717, 1.165) is 32.2 Å². The van der Waals surface area contributed by atoms with Crippen LogP contribution in [-0.4, -0.2) is 43.5 Å². The summed E-state index contributed by atoms with van der Waals surface area (Å²) in [6.45, 7) is 2.13. The van der Waals surface area contributed by atoms with E-state index in [-0.39, 0.29) is 11.6 Å². The first-order valence-corrected chi connectivity index (χ1v) is 10.8. The lowest BCUT2D eigenvalue weighted by Crippen LogP contribution is -2.60. The fourth-order valence-corrected chi connectivity index (χ4v) is 4.47. The Labute approximate surface area is 162 Å². The normalized spacial score (nSPS) is 18.6. The number of nitrogens with zero attached hydrogens (tertiary/aromatic N) is 2. The fourth-order valence-electron chi connectivity index (χ4n) is 3.69. The number of rotatable bonds is 5. The summed E-state index contributed by atoms with van der Waals surface area (Å²) >= 11 is 6.02. The van der Waals surface area contributed by atoms with Crippen molar-refractivity contribution >= 4 is 38.9 Å². The first-order valence-electron chi connectivity index (χ1n) is 8.56. The molecule has 10 heteroatoms. The monoisotopic (exact) mass is 409 g/mol. The van der Waals surface area contributed by atoms with Crippen LogP contribution in [0.25, 0.3) is 0 Å². The summed E-state index contributed by atoms with van der Waals surface area (Å²) < 4.78 is 27.0. The molecule has 1 spiro atoms. The molecule has 0 radical (unpaired) electrons. The zero-order valence-corrected chi connectivity index (χ0v) is 16.3. The lowest BCUT2D eigenvalue weighted by Gasteiger charge is -2.54. The summed E-state index contributed by atoms with van der Waals surface area (Å²) in [6, 6.07) is 4.87. The minimum atomic E-state index is -3.44. The smallest absolute Gasteiger partial charge is 0.258 e. The molecule has 1 saturated carbocycles. The molecule has 0 unspecified atom stereocenters. The zero-order valence-electron chi connectivity index (χ0n) is 14.7. The van der Waals surface area contributed by atoms with E-state index in [9.17, 15) is 13.2 Å². The second-order valence-corrected chi connectivity index (χ2v) is 9.62. The van der Waals surface area contributed by atoms with Crippen LogP contribution in [-0.2, 0) is 10.0 Å². The van der Waals surface area contributed by atoms with Crippen molar-refractivity contribution in [2.24, 2.45) is 5.41 Å². The van der Waals surface area contributed by atoms with Gasteiger partial charge in [0.2, 0.25) is 10.0 Å². The SMILES string of the molecule is CS(=O)(=O)Nc1cc(Cl)cc(NC(=O)c2cnn(C3CC4(CNC4)C3)c2)c1. The Bertz CT molecular complexity index is 992. The van der Waals surface area contributed by atoms with Gasteiger partial charge in [-0.2, -0.15) is 5.10 Å². The molecule has 1 saturated heterocycles. The van der Waals surface area contributed by atoms with E-state index in [0.29, 0.717) is 27.7 Å². The number of amides is 1. The third-order valence-electron chi connectivity index (χ3n) is 5.03. The fraction of sp³-hybridized carbons (Fsp3) is 0.412. The highest BCUT2D eigenvalue weighted by Crippen LogP contribution is 2.50. The number of sulfonamides is 1. The highest BCUT2D eigenvalue weighted by molar-refractivity contribution is 7.92. The van der Waals surface area contributed by atoms with Gasteiger partial charge in [0.1, 0.15) is 0 Å². The number of benzene rings is 1. The van der Waals surface area contributed by atoms with Crippen LogP contribution in [0.4, 0.5) is 11.4 Å². The van der Waals surface area contributed by atoms with Crippen LogP contribution in [0.5, 0.6) is 0 Å². The van der Waals surface area contributed by atoms with Gasteiger partial charge in [-0.05, 0) is 36.5 Å². The number of carbonyl (C=O) groups excluding carboxylic acids is 1. The molecule has 2 aliphatic rings. The van der Waals surface area contributed by atoms with Gasteiger partial charge in [-0.3, -0.25) is 14.2 Å². The van der Waals surface area contributed by atoms with E-state index < -0.39 is 10.0 Å². The second kappa shape index (κ2) is 6.50. The predicted octanol–water partition coefficient (Wildman–Crippen LogP) is 2.08. The average molecular weight is 410 g/mol. The van der Waals surface area contributed by atoms with Crippen LogP contribution in [0.3, 0.4) is 0 Å². The van der Waals surface area contributed by atoms with E-state index in [1.165, 1.54) is 12.1 Å². The number of hydrogen-bond acceptors (Lipinski definition) is 5. The lowest BCUT2D eigenvalue weighted by molar-refractivity contribution is 0.00234. The standard InChI is InChI=1S/C17H20ClN5O3S/c1-27(25,26)22-14-3-12(18)2-13(4-14)21-16(24)11-7-20-23(8-11)15-5-17(6-15)9-19-10-17/h2-4,7-8,15,19,22H,5-6,9-10H2,1H3,(H,21,24). The van der Waals surface area contributed by atoms with Gasteiger partial charge in [0.15, 0.2) is 0 Å². The van der Waals surface area contributed by atoms with Crippen LogP contribution in [0.2, 0.25) is 5.02 Å². The third kappa shape index (κ3) is 3.95. The average Bonchev–Trinajstić information content (AvgIpc) is 2.91. The molecule has 0 bridgehead atoms. The minimum absolute atomic E-state index is 0.282. The summed E-state index contributed by atoms with van der Waals surface area (Å²) in [5, 5.41) is 10.7. The third-order valence-corrected chi connectivity index (χ3v) is 5.86. The molecule has 144 valence electrons. The number of carbonyl (C=O) groups is 1. The van der Waals surface area contributed by atoms with Crippen molar-refractivity contribution in [2.45, 2.75) is 18.9 Å². The van der Waals surface area contributed by atoms with Crippen LogP contribution in [0.15, 0.2) is 30.6 Å². The van der Waals surface area contributed by atoms with E-state index in [1.807, 2.05) is 4.68 Å². The van der Waals surface area contributed by atoms with Gasteiger partial charge in [0.25, 0.3) is 5.91 Å². The summed E-state index contributed by atoms with van der Waals surface area (Å²) in [4.78, 5) is 12.5. The first kappa shape index (κ1) is 18.3. The maximum absolute atomic E-state index is 12.5. The van der Waals surface area contributed by atoms with Crippen LogP contribution in [0.1, 0.15) is 29.2 Å². The van der Waals surface area contributed by atoms with Crippen molar-refractivity contribution in [1.29, 1.82) is 0 Å². The van der Waals surface area contributed by atoms with E-state index >= 15 is 0 Å². The number of halogens is 1. The Hall–Kier alpha value is -2.10. The molecule has 1 aliphatic heterocycles. The molecule has 8 nitrogen and oxygen atoms in total. The second-order valence-electron chi connectivity index (χ2n) is 7.43. The number of hydrogen-bond donors (Lipinski definition) is 3. The molecule has 4 rings (SSSR count). The Morgan fingerprint density at radius 2 is 2.00 bits per heavy atom. The Kier molecular flexibility index (Phi) is 4.40. The Morgan fingerprint density at radius 1 is 1.30 bits per heavy atom. The van der Waals surface area contributed by atoms with Gasteiger partial charge in [0.05, 0.1) is 29.7 Å². The first-order chi connectivity index (χ1) is 12.7. The summed E-state index contributed by atoms with van der Waals surface area (Å²) in [7, 11) is -3.44. The van der Waals surface area contributed by atoms with Crippen molar-refractivity contribution < 1.29 is 13.2 Å². The van der Waals surface area contributed by atoms with Crippen LogP contribution in [0, 0.1) is 5.41 Å². The van der Waals surface area contributed by atoms with Gasteiger partial charge in [0, 0.05) is 30.0 Å². The molecule has 2 aromatic rings. The summed E-state index contributed by atoms with van der Waals surface area (Å²) in [5.74, 6) is -0.326. The summed E-state index contributed by atoms with van der Waals surface area (Å²) in [6.07, 6.45) is 6.50. The quantitative estimate of drug-likeness (QED) is 0.701. The van der Waals surface area contributed by atoms with Crippen molar-refractivity contribution in [3.8, 4) is 0 Å². The van der Waals surface area contributed by atoms with Gasteiger partial charge >= 0.3 is 0 Å². The predicted molar refractivity (Wildman–Crippen MR) is 104 cm³/mol. The highest BCUT2D eigenvalue weighted by atomic mass is 35.5. The maximum Gasteiger partial charge on any atom is 0.258 e. The molecule has 27 heavy (non-hydrogen) atoms. The number of aromatic nitrogens is 2. The number of nitrogens with one attached hydrogen (secondary N) is 3. The molecule has 2 heterocycles. The van der Waals surface area contributed by atoms with Crippen molar-refractivity contribution in [1.82, 2.24) is 15.1 Å². The lowest BCUT2D eigenvalue weighted by atomic mass is 9.62. The largest absolute Gasteiger partial charge is 0.322 e. The van der Waals surface area contributed by atoms with E-state index in [2.05, 4.69) is 20.5 Å². The molecule has 0 atom stereocenters. The van der Waals surface area contributed by atoms with Gasteiger partial charge in [-0.15, -0.1) is 0 Å². The molecule has 3 N–H and O–H groups in total. The zero-order chi connectivity index (χ0) is 19.2. The van der Waals surface area contributed by atoms with Gasteiger partial charge < -0.3 is 10.6 Å². The minimum Gasteiger partial charge on any atom is -0.322 e. The maximum atomic E-state index is 12.5. The van der Waals surface area contributed by atoms with Crippen LogP contribution < -0.4 is 15.4 Å². The van der Waals surface area contributed by atoms with Crippen molar-refractivity contribution in [3.05, 3.63) is 41.2 Å². The Morgan fingerprint density at radius 3 is 2.63 bits per heavy atom. The highest BCUT2D eigenvalue weighted by Gasteiger charge is 2.49. The molecule has 2 fully saturated rings. The molecular weight excluding hydrogens is 390 g/mol. The molecule has 1 aromatic carbocycles. The summed E-state index contributed by atoms with van der Waals surface area (Å²) in [5.41, 5.74) is 1.56. The molecule has 1 aliphatic carbocycles. The topological polar surface area (TPSA) is 105 Å². The molecule has 1 amide bonds. The van der Waals surface area contributed by atoms with Gasteiger partial charge in [-0.1, -0.05) is 11.6 Å². The van der Waals surface area contributed by atoms with Gasteiger partial charge in [-0.25, -0.2) is 8.42 Å². The van der Waals surface area contributed by atoms with E-state index in [1.54, 1.807) is 18.5 Å². The molecule has 1 aromatic heterocycles. The van der Waals surface area contributed by atoms with E-state index in [4.69, 9.17) is 11.6 Å². The Balaban J connectivity index is 1.43. The van der Waals surface area contributed by atoms with Crippen molar-refractivity contribution in [2.75, 3.05) is 29.4 Å². The van der Waals surface area contributed by atoms with Crippen molar-refractivity contribution in [3.63, 3.8) is 0 Å². The number of anilines is 2. The van der Waals surface area contributed by atoms with Crippen LogP contribution >= 0.6 is 11.6 Å².